The van der Waals surface area contributed by atoms with Gasteiger partial charge in [-0.3, -0.25) is 0 Å². The second kappa shape index (κ2) is 11.1. The van der Waals surface area contributed by atoms with E-state index in [1.807, 2.05) is 6.92 Å². The molecule has 1 aromatic rings. The van der Waals surface area contributed by atoms with Gasteiger partial charge in [0.1, 0.15) is 0 Å². The predicted octanol–water partition coefficient (Wildman–Crippen LogP) is 3.05. The van der Waals surface area contributed by atoms with Crippen LogP contribution in [0.15, 0.2) is 29.3 Å². The minimum Gasteiger partial charge on any atom is -0.379 e. The molecule has 5 heteroatoms. The summed E-state index contributed by atoms with van der Waals surface area (Å²) in [6.07, 6.45) is 2.67. The van der Waals surface area contributed by atoms with Crippen LogP contribution in [0.5, 0.6) is 0 Å². The lowest BCUT2D eigenvalue weighted by atomic mass is 10.1. The van der Waals surface area contributed by atoms with Crippen molar-refractivity contribution in [1.82, 2.24) is 10.2 Å². The summed E-state index contributed by atoms with van der Waals surface area (Å²) in [5, 5.41) is 3.35. The van der Waals surface area contributed by atoms with Gasteiger partial charge in [0, 0.05) is 33.4 Å². The van der Waals surface area contributed by atoms with E-state index < -0.39 is 0 Å². The van der Waals surface area contributed by atoms with Crippen LogP contribution in [0.1, 0.15) is 37.8 Å². The lowest BCUT2D eigenvalue weighted by molar-refractivity contribution is 0.115. The molecular weight excluding hydrogens is 314 g/mol. The van der Waals surface area contributed by atoms with Gasteiger partial charge in [0.25, 0.3) is 0 Å². The number of benzene rings is 1. The first kappa shape index (κ1) is 19.7. The van der Waals surface area contributed by atoms with Gasteiger partial charge in [-0.1, -0.05) is 24.3 Å². The molecule has 140 valence electrons. The molecule has 1 N–H and O–H groups in total. The van der Waals surface area contributed by atoms with E-state index in [0.717, 1.165) is 44.8 Å². The number of rotatable bonds is 11. The van der Waals surface area contributed by atoms with Crippen molar-refractivity contribution in [2.24, 2.45) is 10.9 Å². The van der Waals surface area contributed by atoms with Crippen LogP contribution in [0.25, 0.3) is 0 Å². The molecule has 1 fully saturated rings. The molecule has 2 rings (SSSR count). The molecule has 0 aliphatic heterocycles. The number of ether oxygens (including phenoxy) is 2. The monoisotopic (exact) mass is 347 g/mol. The first-order valence-corrected chi connectivity index (χ1v) is 9.45. The summed E-state index contributed by atoms with van der Waals surface area (Å²) in [6, 6.07) is 8.48. The fourth-order valence-electron chi connectivity index (χ4n) is 2.44. The summed E-state index contributed by atoms with van der Waals surface area (Å²) in [7, 11) is 2.06. The number of aliphatic imine (C=N–C) groups is 1. The van der Waals surface area contributed by atoms with Gasteiger partial charge in [-0.2, -0.15) is 0 Å². The molecule has 1 aromatic carbocycles. The Hall–Kier alpha value is -1.59. The van der Waals surface area contributed by atoms with Crippen molar-refractivity contribution in [3.63, 3.8) is 0 Å². The molecule has 0 atom stereocenters. The average Bonchev–Trinajstić information content (AvgIpc) is 3.45. The maximum atomic E-state index is 5.73. The van der Waals surface area contributed by atoms with Gasteiger partial charge in [0.05, 0.1) is 19.8 Å². The van der Waals surface area contributed by atoms with Gasteiger partial charge < -0.3 is 19.7 Å². The van der Waals surface area contributed by atoms with Crippen LogP contribution in [-0.2, 0) is 22.6 Å². The van der Waals surface area contributed by atoms with Crippen molar-refractivity contribution in [2.75, 3.05) is 40.0 Å². The predicted molar refractivity (Wildman–Crippen MR) is 103 cm³/mol. The van der Waals surface area contributed by atoms with Crippen LogP contribution < -0.4 is 5.32 Å². The zero-order chi connectivity index (χ0) is 17.9. The largest absolute Gasteiger partial charge is 0.379 e. The van der Waals surface area contributed by atoms with Crippen molar-refractivity contribution in [2.45, 2.75) is 39.8 Å². The van der Waals surface area contributed by atoms with Crippen LogP contribution in [0.2, 0.25) is 0 Å². The maximum absolute atomic E-state index is 5.73. The Morgan fingerprint density at radius 3 is 2.52 bits per heavy atom. The number of nitrogens with one attached hydrogen (secondary N) is 1. The van der Waals surface area contributed by atoms with E-state index in [9.17, 15) is 0 Å². The Bertz CT molecular complexity index is 512. The summed E-state index contributed by atoms with van der Waals surface area (Å²) in [5.74, 6) is 1.74. The van der Waals surface area contributed by atoms with E-state index >= 15 is 0 Å². The third-order valence-electron chi connectivity index (χ3n) is 4.23. The van der Waals surface area contributed by atoms with Gasteiger partial charge in [-0.05, 0) is 43.7 Å². The molecular formula is C20H33N3O2. The SMILES string of the molecule is CCNC(=NCc1ccc(COCC)cc1)N(C)CCOCC1CC1. The van der Waals surface area contributed by atoms with Gasteiger partial charge >= 0.3 is 0 Å². The Morgan fingerprint density at radius 2 is 1.88 bits per heavy atom. The minimum atomic E-state index is 0.671. The van der Waals surface area contributed by atoms with E-state index in [-0.39, 0.29) is 0 Å². The number of hydrogen-bond donors (Lipinski definition) is 1. The fourth-order valence-corrected chi connectivity index (χ4v) is 2.44. The molecule has 1 saturated carbocycles. The van der Waals surface area contributed by atoms with Crippen LogP contribution >= 0.6 is 0 Å². The molecule has 0 bridgehead atoms. The van der Waals surface area contributed by atoms with E-state index in [4.69, 9.17) is 14.5 Å². The number of hydrogen-bond acceptors (Lipinski definition) is 3. The highest BCUT2D eigenvalue weighted by molar-refractivity contribution is 5.79. The molecule has 25 heavy (non-hydrogen) atoms. The summed E-state index contributed by atoms with van der Waals surface area (Å²) in [5.41, 5.74) is 2.40. The summed E-state index contributed by atoms with van der Waals surface area (Å²) in [4.78, 5) is 6.89. The maximum Gasteiger partial charge on any atom is 0.194 e. The molecule has 1 aliphatic rings. The third-order valence-corrected chi connectivity index (χ3v) is 4.23. The molecule has 0 amide bonds. The van der Waals surface area contributed by atoms with Crippen molar-refractivity contribution < 1.29 is 9.47 Å². The molecule has 0 heterocycles. The quantitative estimate of drug-likeness (QED) is 0.380. The van der Waals surface area contributed by atoms with E-state index in [1.54, 1.807) is 0 Å². The summed E-state index contributed by atoms with van der Waals surface area (Å²) in [6.45, 7) is 9.57. The molecule has 0 unspecified atom stereocenters. The molecule has 0 spiro atoms. The Labute approximate surface area is 152 Å². The first-order chi connectivity index (χ1) is 12.2. The van der Waals surface area contributed by atoms with Crippen LogP contribution in [0, 0.1) is 5.92 Å². The smallest absolute Gasteiger partial charge is 0.194 e. The fraction of sp³-hybridized carbons (Fsp3) is 0.650. The topological polar surface area (TPSA) is 46.1 Å². The van der Waals surface area contributed by atoms with Crippen LogP contribution in [0.4, 0.5) is 0 Å². The average molecular weight is 348 g/mol. The summed E-state index contributed by atoms with van der Waals surface area (Å²) >= 11 is 0. The van der Waals surface area contributed by atoms with Crippen molar-refractivity contribution in [1.29, 1.82) is 0 Å². The van der Waals surface area contributed by atoms with Crippen molar-refractivity contribution in [3.05, 3.63) is 35.4 Å². The van der Waals surface area contributed by atoms with Gasteiger partial charge in [-0.25, -0.2) is 4.99 Å². The van der Waals surface area contributed by atoms with Gasteiger partial charge in [-0.15, -0.1) is 0 Å². The van der Waals surface area contributed by atoms with Crippen LogP contribution in [0.3, 0.4) is 0 Å². The number of nitrogens with zero attached hydrogens (tertiary/aromatic N) is 2. The van der Waals surface area contributed by atoms with Crippen molar-refractivity contribution in [3.8, 4) is 0 Å². The molecule has 5 nitrogen and oxygen atoms in total. The van der Waals surface area contributed by atoms with Gasteiger partial charge in [0.2, 0.25) is 0 Å². The zero-order valence-corrected chi connectivity index (χ0v) is 16.0. The highest BCUT2D eigenvalue weighted by Gasteiger charge is 2.21. The zero-order valence-electron chi connectivity index (χ0n) is 16.0. The van der Waals surface area contributed by atoms with E-state index in [0.29, 0.717) is 13.2 Å². The Balaban J connectivity index is 1.80. The third kappa shape index (κ3) is 7.88. The molecule has 0 aromatic heterocycles. The standard InChI is InChI=1S/C20H33N3O2/c1-4-21-20(23(3)12-13-25-16-19-10-11-19)22-14-17-6-8-18(9-7-17)15-24-5-2/h6-9,19H,4-5,10-16H2,1-3H3,(H,21,22). The highest BCUT2D eigenvalue weighted by atomic mass is 16.5. The summed E-state index contributed by atoms with van der Waals surface area (Å²) < 4.78 is 11.2. The second-order valence-electron chi connectivity index (χ2n) is 6.56. The molecule has 1 aliphatic carbocycles. The highest BCUT2D eigenvalue weighted by Crippen LogP contribution is 2.28. The first-order valence-electron chi connectivity index (χ1n) is 9.45. The van der Waals surface area contributed by atoms with Gasteiger partial charge in [0.15, 0.2) is 5.96 Å². The normalized spacial score (nSPS) is 14.6. The minimum absolute atomic E-state index is 0.671. The second-order valence-corrected chi connectivity index (χ2v) is 6.56. The number of guanidine groups is 1. The molecule has 0 saturated heterocycles. The van der Waals surface area contributed by atoms with Crippen LogP contribution in [-0.4, -0.2) is 50.8 Å². The van der Waals surface area contributed by atoms with E-state index in [2.05, 4.69) is 48.5 Å². The number of likely N-dealkylation sites (N-methyl/N-ethyl adjacent to an activating group) is 1. The molecule has 0 radical (unpaired) electrons. The van der Waals surface area contributed by atoms with E-state index in [1.165, 1.54) is 24.0 Å². The van der Waals surface area contributed by atoms with Crippen molar-refractivity contribution >= 4 is 5.96 Å². The Kier molecular flexibility index (Phi) is 8.77. The lowest BCUT2D eigenvalue weighted by Gasteiger charge is -2.22. The lowest BCUT2D eigenvalue weighted by Crippen LogP contribution is -2.40. The Morgan fingerprint density at radius 1 is 1.16 bits per heavy atom.